The molecule has 0 unspecified atom stereocenters. The summed E-state index contributed by atoms with van der Waals surface area (Å²) in [6.45, 7) is 3.20. The standard InChI is InChI=1S/C17H16ClNO4/c1-17(2,23-12-9-7-11(18)8-10-12)16(22)19-14-6-4-3-5-13(14)15(20)21/h3-10H,1-2H3,(H,19,22)(H,20,21). The topological polar surface area (TPSA) is 75.6 Å². The summed E-state index contributed by atoms with van der Waals surface area (Å²) in [5.74, 6) is -1.08. The van der Waals surface area contributed by atoms with E-state index in [9.17, 15) is 9.59 Å². The van der Waals surface area contributed by atoms with Gasteiger partial charge in [-0.05, 0) is 50.2 Å². The number of rotatable bonds is 5. The fourth-order valence-corrected chi connectivity index (χ4v) is 2.02. The lowest BCUT2D eigenvalue weighted by atomic mass is 10.1. The number of carboxylic acids is 1. The summed E-state index contributed by atoms with van der Waals surface area (Å²) in [6, 6.07) is 12.8. The van der Waals surface area contributed by atoms with Gasteiger partial charge in [0.25, 0.3) is 5.91 Å². The minimum atomic E-state index is -1.19. The first kappa shape index (κ1) is 16.8. The molecule has 0 fully saturated rings. The van der Waals surface area contributed by atoms with Gasteiger partial charge in [0, 0.05) is 5.02 Å². The van der Waals surface area contributed by atoms with Crippen LogP contribution in [-0.4, -0.2) is 22.6 Å². The highest BCUT2D eigenvalue weighted by atomic mass is 35.5. The Kier molecular flexibility index (Phi) is 4.91. The number of carbonyl (C=O) groups excluding carboxylic acids is 1. The molecule has 23 heavy (non-hydrogen) atoms. The van der Waals surface area contributed by atoms with Crippen LogP contribution in [0.5, 0.6) is 5.75 Å². The molecular weight excluding hydrogens is 318 g/mol. The highest BCUT2D eigenvalue weighted by Crippen LogP contribution is 2.23. The zero-order chi connectivity index (χ0) is 17.0. The lowest BCUT2D eigenvalue weighted by Crippen LogP contribution is -2.42. The molecule has 2 rings (SSSR count). The SMILES string of the molecule is CC(C)(Oc1ccc(Cl)cc1)C(=O)Nc1ccccc1C(=O)O. The number of anilines is 1. The van der Waals surface area contributed by atoms with E-state index in [0.717, 1.165) is 0 Å². The van der Waals surface area contributed by atoms with Crippen LogP contribution in [0.15, 0.2) is 48.5 Å². The van der Waals surface area contributed by atoms with Crippen molar-refractivity contribution in [2.24, 2.45) is 0 Å². The quantitative estimate of drug-likeness (QED) is 0.871. The maximum Gasteiger partial charge on any atom is 0.337 e. The normalized spacial score (nSPS) is 10.9. The van der Waals surface area contributed by atoms with Gasteiger partial charge in [0.05, 0.1) is 11.3 Å². The fraction of sp³-hybridized carbons (Fsp3) is 0.176. The van der Waals surface area contributed by atoms with Crippen LogP contribution < -0.4 is 10.1 Å². The largest absolute Gasteiger partial charge is 0.478 e. The molecule has 2 N–H and O–H groups in total. The number of carboxylic acid groups (broad SMARTS) is 1. The number of hydrogen-bond acceptors (Lipinski definition) is 3. The van der Waals surface area contributed by atoms with Crippen molar-refractivity contribution in [3.63, 3.8) is 0 Å². The lowest BCUT2D eigenvalue weighted by Gasteiger charge is -2.25. The Morgan fingerprint density at radius 2 is 1.70 bits per heavy atom. The van der Waals surface area contributed by atoms with Gasteiger partial charge in [-0.3, -0.25) is 4.79 Å². The van der Waals surface area contributed by atoms with Crippen molar-refractivity contribution in [3.05, 3.63) is 59.1 Å². The molecule has 0 aliphatic rings. The van der Waals surface area contributed by atoms with Crippen LogP contribution in [0.1, 0.15) is 24.2 Å². The molecule has 1 amide bonds. The Morgan fingerprint density at radius 1 is 1.09 bits per heavy atom. The zero-order valence-electron chi connectivity index (χ0n) is 12.7. The number of amides is 1. The molecule has 5 nitrogen and oxygen atoms in total. The van der Waals surface area contributed by atoms with Crippen LogP contribution in [0.25, 0.3) is 0 Å². The maximum atomic E-state index is 12.4. The summed E-state index contributed by atoms with van der Waals surface area (Å²) in [5.41, 5.74) is -0.958. The minimum Gasteiger partial charge on any atom is -0.478 e. The monoisotopic (exact) mass is 333 g/mol. The van der Waals surface area contributed by atoms with Crippen LogP contribution >= 0.6 is 11.6 Å². The van der Waals surface area contributed by atoms with E-state index in [1.54, 1.807) is 50.2 Å². The van der Waals surface area contributed by atoms with E-state index in [2.05, 4.69) is 5.32 Å². The van der Waals surface area contributed by atoms with Crippen LogP contribution in [-0.2, 0) is 4.79 Å². The summed E-state index contributed by atoms with van der Waals surface area (Å²) < 4.78 is 5.67. The minimum absolute atomic E-state index is 0.0168. The molecule has 0 aliphatic heterocycles. The van der Waals surface area contributed by atoms with Gasteiger partial charge >= 0.3 is 5.97 Å². The second kappa shape index (κ2) is 6.71. The van der Waals surface area contributed by atoms with Gasteiger partial charge in [-0.15, -0.1) is 0 Å². The molecule has 0 aliphatic carbocycles. The van der Waals surface area contributed by atoms with Gasteiger partial charge < -0.3 is 15.2 Å². The Morgan fingerprint density at radius 3 is 2.30 bits per heavy atom. The second-order valence-electron chi connectivity index (χ2n) is 5.37. The van der Waals surface area contributed by atoms with E-state index >= 15 is 0 Å². The molecule has 2 aromatic rings. The Bertz CT molecular complexity index is 726. The molecule has 120 valence electrons. The third-order valence-electron chi connectivity index (χ3n) is 3.14. The van der Waals surface area contributed by atoms with E-state index in [-0.39, 0.29) is 11.3 Å². The van der Waals surface area contributed by atoms with Crippen molar-refractivity contribution in [2.45, 2.75) is 19.4 Å². The van der Waals surface area contributed by atoms with Gasteiger partial charge in [0.2, 0.25) is 0 Å². The Balaban J connectivity index is 2.15. The van der Waals surface area contributed by atoms with Crippen molar-refractivity contribution in [2.75, 3.05) is 5.32 Å². The molecule has 0 saturated carbocycles. The first-order chi connectivity index (χ1) is 10.8. The van der Waals surface area contributed by atoms with Crippen LogP contribution in [0.3, 0.4) is 0 Å². The van der Waals surface area contributed by atoms with Gasteiger partial charge in [0.1, 0.15) is 5.75 Å². The van der Waals surface area contributed by atoms with E-state index in [1.807, 2.05) is 0 Å². The molecule has 2 aromatic carbocycles. The van der Waals surface area contributed by atoms with Gasteiger partial charge in [-0.2, -0.15) is 0 Å². The zero-order valence-corrected chi connectivity index (χ0v) is 13.4. The van der Waals surface area contributed by atoms with Crippen molar-refractivity contribution in [1.29, 1.82) is 0 Å². The molecule has 0 saturated heterocycles. The number of benzene rings is 2. The molecule has 0 spiro atoms. The lowest BCUT2D eigenvalue weighted by molar-refractivity contribution is -0.128. The van der Waals surface area contributed by atoms with Gasteiger partial charge in [-0.25, -0.2) is 4.79 Å². The molecule has 0 radical (unpaired) electrons. The van der Waals surface area contributed by atoms with Crippen molar-refractivity contribution < 1.29 is 19.4 Å². The maximum absolute atomic E-state index is 12.4. The molecular formula is C17H16ClNO4. The Hall–Kier alpha value is -2.53. The Labute approximate surface area is 138 Å². The van der Waals surface area contributed by atoms with Gasteiger partial charge in [-0.1, -0.05) is 23.7 Å². The number of ether oxygens (including phenoxy) is 1. The van der Waals surface area contributed by atoms with E-state index in [1.165, 1.54) is 12.1 Å². The molecule has 6 heteroatoms. The number of nitrogens with one attached hydrogen (secondary N) is 1. The first-order valence-electron chi connectivity index (χ1n) is 6.88. The molecule has 0 atom stereocenters. The highest BCUT2D eigenvalue weighted by molar-refractivity contribution is 6.30. The van der Waals surface area contributed by atoms with Crippen molar-refractivity contribution in [3.8, 4) is 5.75 Å². The van der Waals surface area contributed by atoms with E-state index in [0.29, 0.717) is 10.8 Å². The second-order valence-corrected chi connectivity index (χ2v) is 5.81. The smallest absolute Gasteiger partial charge is 0.337 e. The number of aromatic carboxylic acids is 1. The molecule has 0 bridgehead atoms. The fourth-order valence-electron chi connectivity index (χ4n) is 1.90. The third kappa shape index (κ3) is 4.23. The summed E-state index contributed by atoms with van der Waals surface area (Å²) in [5, 5.41) is 12.3. The first-order valence-corrected chi connectivity index (χ1v) is 7.26. The number of hydrogen-bond donors (Lipinski definition) is 2. The predicted octanol–water partition coefficient (Wildman–Crippen LogP) is 3.83. The predicted molar refractivity (Wildman–Crippen MR) is 88.2 cm³/mol. The van der Waals surface area contributed by atoms with E-state index < -0.39 is 17.5 Å². The summed E-state index contributed by atoms with van der Waals surface area (Å²) >= 11 is 5.81. The van der Waals surface area contributed by atoms with Gasteiger partial charge in [0.15, 0.2) is 5.60 Å². The molecule has 0 heterocycles. The summed E-state index contributed by atoms with van der Waals surface area (Å²) in [7, 11) is 0. The number of para-hydroxylation sites is 1. The van der Waals surface area contributed by atoms with Crippen molar-refractivity contribution in [1.82, 2.24) is 0 Å². The number of carbonyl (C=O) groups is 2. The summed E-state index contributed by atoms with van der Waals surface area (Å²) in [4.78, 5) is 23.6. The molecule has 0 aromatic heterocycles. The van der Waals surface area contributed by atoms with Crippen LogP contribution in [0.4, 0.5) is 5.69 Å². The summed E-state index contributed by atoms with van der Waals surface area (Å²) in [6.07, 6.45) is 0. The number of halogens is 1. The van der Waals surface area contributed by atoms with Crippen molar-refractivity contribution >= 4 is 29.2 Å². The average molecular weight is 334 g/mol. The highest BCUT2D eigenvalue weighted by Gasteiger charge is 2.30. The third-order valence-corrected chi connectivity index (χ3v) is 3.39. The van der Waals surface area contributed by atoms with E-state index in [4.69, 9.17) is 21.4 Å². The van der Waals surface area contributed by atoms with Crippen LogP contribution in [0.2, 0.25) is 5.02 Å². The van der Waals surface area contributed by atoms with Crippen LogP contribution in [0, 0.1) is 0 Å². The average Bonchev–Trinajstić information content (AvgIpc) is 2.49.